The Hall–Kier alpha value is -2.05. The molecule has 1 spiro atoms. The highest BCUT2D eigenvalue weighted by atomic mass is 16.5. The Labute approximate surface area is 136 Å². The van der Waals surface area contributed by atoms with Crippen LogP contribution in [-0.4, -0.2) is 65.5 Å². The summed E-state index contributed by atoms with van der Waals surface area (Å²) in [5, 5.41) is 3.96. The minimum absolute atomic E-state index is 0.0264. The third-order valence-electron chi connectivity index (χ3n) is 5.03. The van der Waals surface area contributed by atoms with Crippen molar-refractivity contribution in [3.63, 3.8) is 0 Å². The first-order valence-corrected chi connectivity index (χ1v) is 7.97. The van der Waals surface area contributed by atoms with E-state index in [0.717, 1.165) is 30.0 Å². The summed E-state index contributed by atoms with van der Waals surface area (Å²) in [4.78, 5) is 29.9. The van der Waals surface area contributed by atoms with Crippen molar-refractivity contribution in [2.45, 2.75) is 33.2 Å². The van der Waals surface area contributed by atoms with Crippen LogP contribution in [-0.2, 0) is 11.3 Å². The number of nitrogens with zero attached hydrogens (tertiary/aromatic N) is 4. The van der Waals surface area contributed by atoms with Gasteiger partial charge >= 0.3 is 6.03 Å². The molecule has 1 aromatic rings. The van der Waals surface area contributed by atoms with Gasteiger partial charge in [-0.15, -0.1) is 0 Å². The number of carbonyl (C=O) groups excluding carboxylic acids is 2. The minimum Gasteiger partial charge on any atom is -0.361 e. The number of urea groups is 1. The summed E-state index contributed by atoms with van der Waals surface area (Å²) in [5.74, 6) is 0.927. The van der Waals surface area contributed by atoms with E-state index in [2.05, 4.69) is 5.16 Å². The fourth-order valence-corrected chi connectivity index (χ4v) is 3.70. The van der Waals surface area contributed by atoms with Crippen LogP contribution >= 0.6 is 0 Å². The van der Waals surface area contributed by atoms with E-state index >= 15 is 0 Å². The first-order chi connectivity index (χ1) is 10.8. The van der Waals surface area contributed by atoms with Crippen molar-refractivity contribution in [2.75, 3.05) is 33.7 Å². The molecule has 7 nitrogen and oxygen atoms in total. The molecule has 3 amide bonds. The van der Waals surface area contributed by atoms with Crippen LogP contribution in [0.1, 0.15) is 29.9 Å². The highest BCUT2D eigenvalue weighted by molar-refractivity contribution is 5.80. The normalized spacial score (nSPS) is 24.1. The molecule has 2 aliphatic heterocycles. The van der Waals surface area contributed by atoms with Crippen LogP contribution in [0, 0.1) is 19.3 Å². The average Bonchev–Trinajstić information content (AvgIpc) is 3.13. The van der Waals surface area contributed by atoms with Gasteiger partial charge in [0, 0.05) is 51.1 Å². The number of hydrogen-bond donors (Lipinski definition) is 0. The molecule has 2 fully saturated rings. The van der Waals surface area contributed by atoms with Gasteiger partial charge < -0.3 is 19.2 Å². The number of hydrogen-bond acceptors (Lipinski definition) is 4. The van der Waals surface area contributed by atoms with Crippen LogP contribution in [0.3, 0.4) is 0 Å². The SMILES string of the molecule is Cc1noc(C)c1CN1C[C@]2(CCN(C(=O)N(C)C)C2)CC1=O. The maximum absolute atomic E-state index is 12.5. The van der Waals surface area contributed by atoms with Gasteiger partial charge in [0.2, 0.25) is 5.91 Å². The largest absolute Gasteiger partial charge is 0.361 e. The van der Waals surface area contributed by atoms with Crippen LogP contribution in [0.5, 0.6) is 0 Å². The second-order valence-electron chi connectivity index (χ2n) is 7.08. The predicted molar refractivity (Wildman–Crippen MR) is 83.7 cm³/mol. The molecule has 2 saturated heterocycles. The molecule has 0 aliphatic carbocycles. The van der Waals surface area contributed by atoms with Gasteiger partial charge in [-0.25, -0.2) is 4.79 Å². The summed E-state index contributed by atoms with van der Waals surface area (Å²) < 4.78 is 5.19. The lowest BCUT2D eigenvalue weighted by Gasteiger charge is -2.25. The molecule has 126 valence electrons. The van der Waals surface area contributed by atoms with Gasteiger partial charge in [-0.2, -0.15) is 0 Å². The Morgan fingerprint density at radius 3 is 2.70 bits per heavy atom. The number of amides is 3. The fourth-order valence-electron chi connectivity index (χ4n) is 3.70. The topological polar surface area (TPSA) is 69.9 Å². The second-order valence-corrected chi connectivity index (χ2v) is 7.08. The Balaban J connectivity index is 1.70. The van der Waals surface area contributed by atoms with Crippen LogP contribution in [0.15, 0.2) is 4.52 Å². The zero-order valence-electron chi connectivity index (χ0n) is 14.3. The van der Waals surface area contributed by atoms with E-state index in [9.17, 15) is 9.59 Å². The van der Waals surface area contributed by atoms with Gasteiger partial charge in [-0.05, 0) is 20.3 Å². The van der Waals surface area contributed by atoms with Crippen molar-refractivity contribution in [1.82, 2.24) is 19.9 Å². The number of aryl methyl sites for hydroxylation is 2. The summed E-state index contributed by atoms with van der Waals surface area (Å²) in [6.45, 7) is 6.40. The van der Waals surface area contributed by atoms with Gasteiger partial charge in [0.05, 0.1) is 12.2 Å². The quantitative estimate of drug-likeness (QED) is 0.826. The van der Waals surface area contributed by atoms with E-state index in [1.54, 1.807) is 19.0 Å². The second kappa shape index (κ2) is 5.54. The van der Waals surface area contributed by atoms with E-state index in [4.69, 9.17) is 4.52 Å². The van der Waals surface area contributed by atoms with Gasteiger partial charge in [-0.3, -0.25) is 4.79 Å². The van der Waals surface area contributed by atoms with Gasteiger partial charge in [0.25, 0.3) is 0 Å². The summed E-state index contributed by atoms with van der Waals surface area (Å²) in [6.07, 6.45) is 1.41. The molecule has 3 heterocycles. The zero-order valence-corrected chi connectivity index (χ0v) is 14.3. The predicted octanol–water partition coefficient (Wildman–Crippen LogP) is 1.40. The molecule has 0 saturated carbocycles. The summed E-state index contributed by atoms with van der Waals surface area (Å²) in [7, 11) is 3.52. The summed E-state index contributed by atoms with van der Waals surface area (Å²) in [5.41, 5.74) is 1.74. The molecular formula is C16H24N4O3. The lowest BCUT2D eigenvalue weighted by molar-refractivity contribution is -0.128. The zero-order chi connectivity index (χ0) is 16.8. The monoisotopic (exact) mass is 320 g/mol. The Morgan fingerprint density at radius 2 is 2.09 bits per heavy atom. The minimum atomic E-state index is -0.0955. The van der Waals surface area contributed by atoms with Crippen LogP contribution in [0.25, 0.3) is 0 Å². The highest BCUT2D eigenvalue weighted by Crippen LogP contribution is 2.41. The smallest absolute Gasteiger partial charge is 0.319 e. The number of rotatable bonds is 2. The van der Waals surface area contributed by atoms with Crippen molar-refractivity contribution in [2.24, 2.45) is 5.41 Å². The summed E-state index contributed by atoms with van der Waals surface area (Å²) in [6, 6.07) is 0.0264. The van der Waals surface area contributed by atoms with Crippen molar-refractivity contribution in [1.29, 1.82) is 0 Å². The van der Waals surface area contributed by atoms with Crippen molar-refractivity contribution in [3.8, 4) is 0 Å². The van der Waals surface area contributed by atoms with Gasteiger partial charge in [0.15, 0.2) is 0 Å². The van der Waals surface area contributed by atoms with Gasteiger partial charge in [-0.1, -0.05) is 5.16 Å². The number of aromatic nitrogens is 1. The molecule has 1 atom stereocenters. The molecule has 1 aromatic heterocycles. The van der Waals surface area contributed by atoms with Crippen molar-refractivity contribution >= 4 is 11.9 Å². The van der Waals surface area contributed by atoms with Crippen molar-refractivity contribution < 1.29 is 14.1 Å². The Kier molecular flexibility index (Phi) is 3.82. The lowest BCUT2D eigenvalue weighted by Crippen LogP contribution is -2.39. The molecule has 2 aliphatic rings. The first kappa shape index (κ1) is 15.8. The molecule has 23 heavy (non-hydrogen) atoms. The fraction of sp³-hybridized carbons (Fsp3) is 0.688. The Bertz CT molecular complexity index is 620. The molecular weight excluding hydrogens is 296 g/mol. The molecule has 7 heteroatoms. The molecule has 3 rings (SSSR count). The highest BCUT2D eigenvalue weighted by Gasteiger charge is 2.48. The molecule has 0 unspecified atom stereocenters. The molecule has 0 bridgehead atoms. The van der Waals surface area contributed by atoms with Crippen LogP contribution in [0.2, 0.25) is 0 Å². The first-order valence-electron chi connectivity index (χ1n) is 7.97. The van der Waals surface area contributed by atoms with E-state index in [0.29, 0.717) is 26.1 Å². The third kappa shape index (κ3) is 2.80. The Morgan fingerprint density at radius 1 is 1.35 bits per heavy atom. The maximum atomic E-state index is 12.5. The maximum Gasteiger partial charge on any atom is 0.319 e. The van der Waals surface area contributed by atoms with E-state index in [1.807, 2.05) is 23.6 Å². The van der Waals surface area contributed by atoms with Crippen molar-refractivity contribution in [3.05, 3.63) is 17.0 Å². The number of likely N-dealkylation sites (tertiary alicyclic amines) is 2. The standard InChI is InChI=1S/C16H24N4O3/c1-11-13(12(2)23-17-11)8-20-10-16(7-14(20)21)5-6-19(9-16)15(22)18(3)4/h5-10H2,1-4H3/t16-/m1/s1. The molecule has 0 N–H and O–H groups in total. The van der Waals surface area contributed by atoms with Crippen LogP contribution < -0.4 is 0 Å². The van der Waals surface area contributed by atoms with E-state index in [-0.39, 0.29) is 17.4 Å². The van der Waals surface area contributed by atoms with E-state index < -0.39 is 0 Å². The molecule has 0 aromatic carbocycles. The van der Waals surface area contributed by atoms with Gasteiger partial charge in [0.1, 0.15) is 5.76 Å². The average molecular weight is 320 g/mol. The number of carbonyl (C=O) groups is 2. The lowest BCUT2D eigenvalue weighted by atomic mass is 9.86. The third-order valence-corrected chi connectivity index (χ3v) is 5.03. The van der Waals surface area contributed by atoms with Crippen LogP contribution in [0.4, 0.5) is 4.79 Å². The summed E-state index contributed by atoms with van der Waals surface area (Å²) >= 11 is 0. The van der Waals surface area contributed by atoms with E-state index in [1.165, 1.54) is 0 Å². The molecule has 0 radical (unpaired) electrons.